The Labute approximate surface area is 136 Å². The lowest BCUT2D eigenvalue weighted by molar-refractivity contribution is -0.137. The molecule has 3 unspecified atom stereocenters. The van der Waals surface area contributed by atoms with Gasteiger partial charge in [0, 0.05) is 6.42 Å². The molecule has 1 aliphatic heterocycles. The van der Waals surface area contributed by atoms with E-state index in [0.29, 0.717) is 12.5 Å². The second-order valence-corrected chi connectivity index (χ2v) is 6.98. The van der Waals surface area contributed by atoms with Gasteiger partial charge in [0.2, 0.25) is 0 Å². The third kappa shape index (κ3) is 9.45. The lowest BCUT2D eigenvalue weighted by Crippen LogP contribution is -2.14. The summed E-state index contributed by atoms with van der Waals surface area (Å²) in [5.41, 5.74) is 0. The van der Waals surface area contributed by atoms with E-state index in [1.807, 2.05) is 0 Å². The van der Waals surface area contributed by atoms with Crippen LogP contribution in [0.5, 0.6) is 0 Å². The Morgan fingerprint density at radius 1 is 1.09 bits per heavy atom. The van der Waals surface area contributed by atoms with Crippen LogP contribution in [-0.2, 0) is 9.53 Å². The first-order valence-electron chi connectivity index (χ1n) is 9.50. The largest absolute Gasteiger partial charge is 0.481 e. The van der Waals surface area contributed by atoms with Crippen molar-refractivity contribution in [3.8, 4) is 0 Å². The SMILES string of the molecule is CCCCC(CC)CC(CCCCCCCC(=O)O)C1CO1. The van der Waals surface area contributed by atoms with Crippen LogP contribution < -0.4 is 0 Å². The Balaban J connectivity index is 2.12. The van der Waals surface area contributed by atoms with E-state index >= 15 is 0 Å². The summed E-state index contributed by atoms with van der Waals surface area (Å²) in [5.74, 6) is 0.981. The molecule has 0 bridgehead atoms. The summed E-state index contributed by atoms with van der Waals surface area (Å²) < 4.78 is 5.58. The maximum atomic E-state index is 10.5. The third-order valence-corrected chi connectivity index (χ3v) is 5.03. The average Bonchev–Trinajstić information content (AvgIpc) is 3.32. The molecule has 1 heterocycles. The number of epoxide rings is 1. The molecule has 3 heteroatoms. The van der Waals surface area contributed by atoms with Gasteiger partial charge in [0.15, 0.2) is 0 Å². The third-order valence-electron chi connectivity index (χ3n) is 5.03. The lowest BCUT2D eigenvalue weighted by Gasteiger charge is -2.21. The Hall–Kier alpha value is -0.570. The van der Waals surface area contributed by atoms with E-state index in [9.17, 15) is 4.79 Å². The molecular formula is C19H36O3. The molecule has 0 radical (unpaired) electrons. The van der Waals surface area contributed by atoms with Gasteiger partial charge in [0.25, 0.3) is 0 Å². The van der Waals surface area contributed by atoms with Gasteiger partial charge in [-0.05, 0) is 31.1 Å². The van der Waals surface area contributed by atoms with Crippen LogP contribution in [0.15, 0.2) is 0 Å². The molecule has 3 atom stereocenters. The van der Waals surface area contributed by atoms with E-state index in [0.717, 1.165) is 31.3 Å². The van der Waals surface area contributed by atoms with Gasteiger partial charge in [-0.2, -0.15) is 0 Å². The first-order chi connectivity index (χ1) is 10.7. The van der Waals surface area contributed by atoms with E-state index in [1.54, 1.807) is 0 Å². The van der Waals surface area contributed by atoms with Crippen molar-refractivity contribution in [1.82, 2.24) is 0 Å². The number of carboxylic acid groups (broad SMARTS) is 1. The molecule has 1 N–H and O–H groups in total. The summed E-state index contributed by atoms with van der Waals surface area (Å²) in [4.78, 5) is 10.5. The molecule has 22 heavy (non-hydrogen) atoms. The molecule has 0 spiro atoms. The zero-order valence-electron chi connectivity index (χ0n) is 14.7. The van der Waals surface area contributed by atoms with Gasteiger partial charge in [-0.1, -0.05) is 65.2 Å². The zero-order chi connectivity index (χ0) is 16.2. The first-order valence-corrected chi connectivity index (χ1v) is 9.50. The topological polar surface area (TPSA) is 49.8 Å². The number of carbonyl (C=O) groups is 1. The highest BCUT2D eigenvalue weighted by Gasteiger charge is 2.33. The standard InChI is InChI=1S/C19H36O3/c1-3-5-11-16(4-2)14-17(18-15-22-18)12-9-7-6-8-10-13-19(20)21/h16-18H,3-15H2,1-2H3,(H,20,21). The quantitative estimate of drug-likeness (QED) is 0.324. The van der Waals surface area contributed by atoms with Crippen LogP contribution in [0.4, 0.5) is 0 Å². The molecule has 1 saturated heterocycles. The lowest BCUT2D eigenvalue weighted by atomic mass is 9.84. The van der Waals surface area contributed by atoms with E-state index < -0.39 is 5.97 Å². The second-order valence-electron chi connectivity index (χ2n) is 6.98. The molecule has 3 nitrogen and oxygen atoms in total. The van der Waals surface area contributed by atoms with Crippen molar-refractivity contribution in [3.63, 3.8) is 0 Å². The van der Waals surface area contributed by atoms with Crippen molar-refractivity contribution in [1.29, 1.82) is 0 Å². The molecule has 0 amide bonds. The van der Waals surface area contributed by atoms with Crippen LogP contribution >= 0.6 is 0 Å². The second kappa shape index (κ2) is 11.9. The number of hydrogen-bond donors (Lipinski definition) is 1. The highest BCUT2D eigenvalue weighted by atomic mass is 16.6. The molecule has 1 aliphatic rings. The number of carboxylic acids is 1. The minimum Gasteiger partial charge on any atom is -0.481 e. The summed E-state index contributed by atoms with van der Waals surface area (Å²) in [5, 5.41) is 8.61. The fourth-order valence-corrected chi connectivity index (χ4v) is 3.41. The van der Waals surface area contributed by atoms with Gasteiger partial charge in [0.05, 0.1) is 12.7 Å². The molecule has 130 valence electrons. The van der Waals surface area contributed by atoms with Gasteiger partial charge in [0.1, 0.15) is 0 Å². The van der Waals surface area contributed by atoms with Crippen molar-refractivity contribution >= 4 is 5.97 Å². The predicted octanol–water partition coefficient (Wildman–Crippen LogP) is 5.42. The van der Waals surface area contributed by atoms with Gasteiger partial charge < -0.3 is 9.84 Å². The minimum absolute atomic E-state index is 0.328. The van der Waals surface area contributed by atoms with E-state index in [1.165, 1.54) is 57.8 Å². The number of aliphatic carboxylic acids is 1. The smallest absolute Gasteiger partial charge is 0.303 e. The summed E-state index contributed by atoms with van der Waals surface area (Å²) >= 11 is 0. The molecule has 1 rings (SSSR count). The Morgan fingerprint density at radius 2 is 1.77 bits per heavy atom. The zero-order valence-corrected chi connectivity index (χ0v) is 14.7. The Morgan fingerprint density at radius 3 is 2.36 bits per heavy atom. The van der Waals surface area contributed by atoms with Crippen molar-refractivity contribution in [3.05, 3.63) is 0 Å². The molecule has 0 aromatic heterocycles. The summed E-state index contributed by atoms with van der Waals surface area (Å²) in [7, 11) is 0. The van der Waals surface area contributed by atoms with E-state index in [2.05, 4.69) is 13.8 Å². The highest BCUT2D eigenvalue weighted by molar-refractivity contribution is 5.66. The van der Waals surface area contributed by atoms with Gasteiger partial charge in [-0.3, -0.25) is 4.79 Å². The molecule has 1 fully saturated rings. The number of unbranched alkanes of at least 4 members (excludes halogenated alkanes) is 5. The minimum atomic E-state index is -0.663. The normalized spacial score (nSPS) is 19.8. The number of rotatable bonds is 15. The van der Waals surface area contributed by atoms with Gasteiger partial charge in [-0.15, -0.1) is 0 Å². The Kier molecular flexibility index (Phi) is 10.6. The van der Waals surface area contributed by atoms with Gasteiger partial charge in [-0.25, -0.2) is 0 Å². The maximum Gasteiger partial charge on any atom is 0.303 e. The van der Waals surface area contributed by atoms with Crippen LogP contribution in [0, 0.1) is 11.8 Å². The van der Waals surface area contributed by atoms with E-state index in [4.69, 9.17) is 9.84 Å². The van der Waals surface area contributed by atoms with Crippen molar-refractivity contribution in [2.75, 3.05) is 6.61 Å². The monoisotopic (exact) mass is 312 g/mol. The number of hydrogen-bond acceptors (Lipinski definition) is 2. The van der Waals surface area contributed by atoms with Crippen LogP contribution in [0.25, 0.3) is 0 Å². The van der Waals surface area contributed by atoms with Crippen molar-refractivity contribution in [2.24, 2.45) is 11.8 Å². The fraction of sp³-hybridized carbons (Fsp3) is 0.947. The van der Waals surface area contributed by atoms with E-state index in [-0.39, 0.29) is 0 Å². The Bertz CT molecular complexity index is 286. The fourth-order valence-electron chi connectivity index (χ4n) is 3.41. The molecular weight excluding hydrogens is 276 g/mol. The highest BCUT2D eigenvalue weighted by Crippen LogP contribution is 2.33. The predicted molar refractivity (Wildman–Crippen MR) is 91.1 cm³/mol. The molecule has 0 aliphatic carbocycles. The van der Waals surface area contributed by atoms with Crippen LogP contribution in [-0.4, -0.2) is 23.8 Å². The molecule has 0 saturated carbocycles. The van der Waals surface area contributed by atoms with Crippen LogP contribution in [0.2, 0.25) is 0 Å². The summed E-state index contributed by atoms with van der Waals surface area (Å²) in [6.45, 7) is 5.58. The van der Waals surface area contributed by atoms with Crippen molar-refractivity contribution < 1.29 is 14.6 Å². The van der Waals surface area contributed by atoms with Crippen LogP contribution in [0.1, 0.15) is 90.9 Å². The van der Waals surface area contributed by atoms with Gasteiger partial charge >= 0.3 is 5.97 Å². The summed E-state index contributed by atoms with van der Waals surface area (Å²) in [6, 6.07) is 0. The maximum absolute atomic E-state index is 10.5. The number of ether oxygens (including phenoxy) is 1. The summed E-state index contributed by atoms with van der Waals surface area (Å²) in [6.07, 6.45) is 14.5. The average molecular weight is 312 g/mol. The van der Waals surface area contributed by atoms with Crippen molar-refractivity contribution in [2.45, 2.75) is 97.0 Å². The molecule has 0 aromatic carbocycles. The molecule has 0 aromatic rings. The first kappa shape index (κ1) is 19.5. The van der Waals surface area contributed by atoms with Crippen LogP contribution in [0.3, 0.4) is 0 Å².